The van der Waals surface area contributed by atoms with Gasteiger partial charge in [0.25, 0.3) is 0 Å². The smallest absolute Gasteiger partial charge is 0.192 e. The molecule has 31 heavy (non-hydrogen) atoms. The molecule has 3 aliphatic rings. The molecule has 3 rings (SSSR count). The molecule has 176 valence electrons. The highest BCUT2D eigenvalue weighted by Gasteiger charge is 2.50. The van der Waals surface area contributed by atoms with Gasteiger partial charge < -0.3 is 4.43 Å². The predicted octanol–water partition coefficient (Wildman–Crippen LogP) is 9.26. The SMILES string of the molecule is C=C1CC[C@H](O[Si](C)(C)C(C)(C)C)C/C1=C/C=C1\CCC[C@]2(C)[C@@H]([C@H](C)CI)CC[C@@H]12. The lowest BCUT2D eigenvalue weighted by molar-refractivity contribution is 0.106. The molecule has 0 aromatic carbocycles. The molecule has 0 heterocycles. The van der Waals surface area contributed by atoms with Crippen LogP contribution in [0.4, 0.5) is 0 Å². The predicted molar refractivity (Wildman–Crippen MR) is 147 cm³/mol. The number of fused-ring (bicyclic) bond motifs is 1. The van der Waals surface area contributed by atoms with E-state index >= 15 is 0 Å². The van der Waals surface area contributed by atoms with Crippen LogP contribution in [0.3, 0.4) is 0 Å². The van der Waals surface area contributed by atoms with Gasteiger partial charge in [0.05, 0.1) is 0 Å². The first-order chi connectivity index (χ1) is 14.4. The number of rotatable bonds is 5. The Hall–Kier alpha value is 0.127. The summed E-state index contributed by atoms with van der Waals surface area (Å²) in [5.41, 5.74) is 5.04. The molecule has 0 aliphatic heterocycles. The second-order valence-corrected chi connectivity index (χ2v) is 18.1. The van der Waals surface area contributed by atoms with Crippen LogP contribution < -0.4 is 0 Å². The van der Waals surface area contributed by atoms with Gasteiger partial charge in [0.15, 0.2) is 8.32 Å². The third-order valence-corrected chi connectivity index (χ3v) is 15.3. The maximum absolute atomic E-state index is 6.79. The number of alkyl halides is 1. The van der Waals surface area contributed by atoms with Crippen LogP contribution in [0, 0.1) is 23.2 Å². The number of hydrogen-bond donors (Lipinski definition) is 0. The van der Waals surface area contributed by atoms with Gasteiger partial charge in [-0.1, -0.05) is 87.1 Å². The second kappa shape index (κ2) is 9.78. The largest absolute Gasteiger partial charge is 0.414 e. The molecule has 0 unspecified atom stereocenters. The molecule has 1 nitrogen and oxygen atoms in total. The maximum Gasteiger partial charge on any atom is 0.192 e. The minimum absolute atomic E-state index is 0.272. The molecule has 0 spiro atoms. The van der Waals surface area contributed by atoms with Gasteiger partial charge in [-0.25, -0.2) is 0 Å². The third kappa shape index (κ3) is 5.45. The lowest BCUT2D eigenvalue weighted by atomic mass is 9.61. The first-order valence-electron chi connectivity index (χ1n) is 12.7. The average Bonchev–Trinajstić information content (AvgIpc) is 3.04. The Bertz CT molecular complexity index is 728. The summed E-state index contributed by atoms with van der Waals surface area (Å²) in [5, 5.41) is 0.272. The minimum atomic E-state index is -1.72. The van der Waals surface area contributed by atoms with E-state index in [0.29, 0.717) is 11.5 Å². The van der Waals surface area contributed by atoms with Crippen molar-refractivity contribution in [1.29, 1.82) is 0 Å². The van der Waals surface area contributed by atoms with Gasteiger partial charge in [-0.2, -0.15) is 0 Å². The van der Waals surface area contributed by atoms with E-state index in [4.69, 9.17) is 4.43 Å². The van der Waals surface area contributed by atoms with Crippen LogP contribution in [0.5, 0.6) is 0 Å². The molecule has 0 N–H and O–H groups in total. The van der Waals surface area contributed by atoms with Gasteiger partial charge in [-0.15, -0.1) is 0 Å². The van der Waals surface area contributed by atoms with Crippen molar-refractivity contribution in [3.05, 3.63) is 35.5 Å². The van der Waals surface area contributed by atoms with Gasteiger partial charge in [-0.05, 0) is 98.2 Å². The second-order valence-electron chi connectivity index (χ2n) is 12.5. The van der Waals surface area contributed by atoms with Gasteiger partial charge in [-0.3, -0.25) is 0 Å². The van der Waals surface area contributed by atoms with Crippen LogP contribution in [0.2, 0.25) is 18.1 Å². The normalized spacial score (nSPS) is 36.1. The maximum atomic E-state index is 6.79. The van der Waals surface area contributed by atoms with E-state index in [1.54, 1.807) is 5.57 Å². The molecular weight excluding hydrogens is 507 g/mol. The highest BCUT2D eigenvalue weighted by atomic mass is 127. The van der Waals surface area contributed by atoms with Crippen molar-refractivity contribution in [1.82, 2.24) is 0 Å². The van der Waals surface area contributed by atoms with Gasteiger partial charge in [0.1, 0.15) is 0 Å². The molecule has 0 saturated heterocycles. The van der Waals surface area contributed by atoms with Crippen molar-refractivity contribution in [2.45, 2.75) is 110 Å². The van der Waals surface area contributed by atoms with E-state index in [-0.39, 0.29) is 5.04 Å². The Morgan fingerprint density at radius 1 is 1.19 bits per heavy atom. The molecule has 0 aromatic rings. The van der Waals surface area contributed by atoms with Gasteiger partial charge in [0.2, 0.25) is 0 Å². The zero-order valence-electron chi connectivity index (χ0n) is 21.3. The van der Waals surface area contributed by atoms with Crippen LogP contribution in [0.15, 0.2) is 35.5 Å². The monoisotopic (exact) mass is 554 g/mol. The highest BCUT2D eigenvalue weighted by Crippen LogP contribution is 2.59. The standard InChI is InChI=1S/C28H47IOSi/c1-20-11-14-24(30-31(7,8)27(3,4)5)18-23(20)13-12-22-10-9-17-28(6)25(21(2)19-29)15-16-26(22)28/h12-13,21,24-26H,1,9-11,14-19H2,2-8H3/b22-12+,23-13-/t21-,24+,25-,26+,28-/m1/s1. The molecule has 0 bridgehead atoms. The van der Waals surface area contributed by atoms with Crippen molar-refractivity contribution in [2.75, 3.05) is 4.43 Å². The van der Waals surface area contributed by atoms with Crippen molar-refractivity contribution in [3.63, 3.8) is 0 Å². The van der Waals surface area contributed by atoms with Gasteiger partial charge >= 0.3 is 0 Å². The van der Waals surface area contributed by atoms with Crippen LogP contribution in [0.1, 0.15) is 86.0 Å². The van der Waals surface area contributed by atoms with E-state index in [0.717, 1.165) is 37.0 Å². The lowest BCUT2D eigenvalue weighted by Crippen LogP contribution is -2.44. The quantitative estimate of drug-likeness (QED) is 0.187. The summed E-state index contributed by atoms with van der Waals surface area (Å²) < 4.78 is 8.08. The van der Waals surface area contributed by atoms with Crippen molar-refractivity contribution < 1.29 is 4.43 Å². The third-order valence-electron chi connectivity index (χ3n) is 9.40. The molecule has 3 aliphatic carbocycles. The van der Waals surface area contributed by atoms with E-state index in [2.05, 4.69) is 89.0 Å². The van der Waals surface area contributed by atoms with Crippen molar-refractivity contribution in [3.8, 4) is 0 Å². The molecule has 0 amide bonds. The highest BCUT2D eigenvalue weighted by molar-refractivity contribution is 14.1. The Morgan fingerprint density at radius 2 is 1.90 bits per heavy atom. The molecule has 3 saturated carbocycles. The lowest BCUT2D eigenvalue weighted by Gasteiger charge is -2.44. The first-order valence-corrected chi connectivity index (χ1v) is 17.1. The van der Waals surface area contributed by atoms with Crippen LogP contribution in [0.25, 0.3) is 0 Å². The molecule has 3 heteroatoms. The van der Waals surface area contributed by atoms with E-state index in [1.807, 2.05) is 0 Å². The Morgan fingerprint density at radius 3 is 2.55 bits per heavy atom. The zero-order valence-corrected chi connectivity index (χ0v) is 24.5. The molecule has 3 fully saturated rings. The van der Waals surface area contributed by atoms with Crippen LogP contribution in [-0.4, -0.2) is 18.8 Å². The Kier molecular flexibility index (Phi) is 8.12. The van der Waals surface area contributed by atoms with E-state index in [9.17, 15) is 0 Å². The van der Waals surface area contributed by atoms with Crippen molar-refractivity contribution >= 4 is 30.9 Å². The van der Waals surface area contributed by atoms with Crippen LogP contribution in [-0.2, 0) is 4.43 Å². The fraction of sp³-hybridized carbons (Fsp3) is 0.786. The fourth-order valence-electron chi connectivity index (χ4n) is 6.40. The summed E-state index contributed by atoms with van der Waals surface area (Å²) in [7, 11) is -1.72. The molecule has 5 atom stereocenters. The summed E-state index contributed by atoms with van der Waals surface area (Å²) in [6.07, 6.45) is 15.5. The van der Waals surface area contributed by atoms with E-state index < -0.39 is 8.32 Å². The van der Waals surface area contributed by atoms with Gasteiger partial charge in [0, 0.05) is 10.5 Å². The van der Waals surface area contributed by atoms with Crippen molar-refractivity contribution in [2.24, 2.45) is 23.2 Å². The summed E-state index contributed by atoms with van der Waals surface area (Å²) in [5.74, 6) is 2.54. The van der Waals surface area contributed by atoms with E-state index in [1.165, 1.54) is 47.7 Å². The number of allylic oxidation sites excluding steroid dienone is 4. The number of hydrogen-bond acceptors (Lipinski definition) is 1. The topological polar surface area (TPSA) is 9.23 Å². The number of halogens is 1. The summed E-state index contributed by atoms with van der Waals surface area (Å²) >= 11 is 2.60. The molecule has 0 radical (unpaired) electrons. The molecular formula is C28H47IOSi. The van der Waals surface area contributed by atoms with Crippen LogP contribution >= 0.6 is 22.6 Å². The Balaban J connectivity index is 1.75. The summed E-state index contributed by atoms with van der Waals surface area (Å²) in [6, 6.07) is 0. The zero-order chi connectivity index (χ0) is 23.0. The first kappa shape index (κ1) is 25.7. The molecule has 0 aromatic heterocycles. The Labute approximate surface area is 207 Å². The fourth-order valence-corrected chi connectivity index (χ4v) is 8.40. The average molecular weight is 555 g/mol. The summed E-state index contributed by atoms with van der Waals surface area (Å²) in [6.45, 7) is 21.3. The minimum Gasteiger partial charge on any atom is -0.414 e. The summed E-state index contributed by atoms with van der Waals surface area (Å²) in [4.78, 5) is 0.